The van der Waals surface area contributed by atoms with Crippen LogP contribution in [0.25, 0.3) is 0 Å². The van der Waals surface area contributed by atoms with Crippen LogP contribution < -0.4 is 5.32 Å². The van der Waals surface area contributed by atoms with Crippen LogP contribution in [-0.2, 0) is 13.2 Å². The molecule has 0 aliphatic heterocycles. The molecule has 108 valence electrons. The fourth-order valence-corrected chi connectivity index (χ4v) is 1.75. The van der Waals surface area contributed by atoms with Gasteiger partial charge in [-0.3, -0.25) is 9.48 Å². The SMILES string of the molecule is C#Cc1cccc(NC(=O)c2cn(C)nc2C(F)(F)F)c1. The summed E-state index contributed by atoms with van der Waals surface area (Å²) in [6, 6.07) is 6.25. The van der Waals surface area contributed by atoms with E-state index >= 15 is 0 Å². The highest BCUT2D eigenvalue weighted by atomic mass is 19.4. The van der Waals surface area contributed by atoms with E-state index in [-0.39, 0.29) is 0 Å². The second kappa shape index (κ2) is 5.32. The molecular weight excluding hydrogens is 283 g/mol. The topological polar surface area (TPSA) is 46.9 Å². The summed E-state index contributed by atoms with van der Waals surface area (Å²) in [5.41, 5.74) is -0.950. The highest BCUT2D eigenvalue weighted by Crippen LogP contribution is 2.30. The fourth-order valence-electron chi connectivity index (χ4n) is 1.75. The van der Waals surface area contributed by atoms with Crippen LogP contribution in [0.5, 0.6) is 0 Å². The molecule has 0 fully saturated rings. The number of nitrogens with zero attached hydrogens (tertiary/aromatic N) is 2. The number of hydrogen-bond acceptors (Lipinski definition) is 2. The van der Waals surface area contributed by atoms with E-state index in [1.165, 1.54) is 19.2 Å². The van der Waals surface area contributed by atoms with E-state index in [1.807, 2.05) is 0 Å². The van der Waals surface area contributed by atoms with Gasteiger partial charge in [0.25, 0.3) is 5.91 Å². The first-order valence-electron chi connectivity index (χ1n) is 5.80. The number of carbonyl (C=O) groups excluding carboxylic acids is 1. The van der Waals surface area contributed by atoms with Crippen molar-refractivity contribution in [3.8, 4) is 12.3 Å². The van der Waals surface area contributed by atoms with Crippen LogP contribution >= 0.6 is 0 Å². The number of benzene rings is 1. The maximum absolute atomic E-state index is 12.8. The van der Waals surface area contributed by atoms with E-state index in [4.69, 9.17) is 6.42 Å². The van der Waals surface area contributed by atoms with E-state index in [2.05, 4.69) is 16.3 Å². The van der Waals surface area contributed by atoms with E-state index < -0.39 is 23.3 Å². The first-order valence-corrected chi connectivity index (χ1v) is 5.80. The Kier molecular flexibility index (Phi) is 3.72. The molecule has 4 nitrogen and oxygen atoms in total. The van der Waals surface area contributed by atoms with E-state index in [0.717, 1.165) is 10.9 Å². The number of terminal acetylenes is 1. The highest BCUT2D eigenvalue weighted by molar-refractivity contribution is 6.05. The quantitative estimate of drug-likeness (QED) is 0.865. The summed E-state index contributed by atoms with van der Waals surface area (Å²) in [6.45, 7) is 0. The second-order valence-electron chi connectivity index (χ2n) is 4.24. The molecule has 21 heavy (non-hydrogen) atoms. The molecule has 0 saturated heterocycles. The molecule has 0 aliphatic rings. The number of aromatic nitrogens is 2. The van der Waals surface area contributed by atoms with Gasteiger partial charge in [0, 0.05) is 24.5 Å². The van der Waals surface area contributed by atoms with Crippen LogP contribution in [0.3, 0.4) is 0 Å². The van der Waals surface area contributed by atoms with Crippen molar-refractivity contribution < 1.29 is 18.0 Å². The Balaban J connectivity index is 2.31. The van der Waals surface area contributed by atoms with Gasteiger partial charge in [0.2, 0.25) is 0 Å². The van der Waals surface area contributed by atoms with Crippen LogP contribution in [0.1, 0.15) is 21.6 Å². The van der Waals surface area contributed by atoms with Crippen molar-refractivity contribution in [2.24, 2.45) is 7.05 Å². The number of nitrogens with one attached hydrogen (secondary N) is 1. The molecule has 1 amide bonds. The summed E-state index contributed by atoms with van der Waals surface area (Å²) in [7, 11) is 1.31. The molecule has 1 N–H and O–H groups in total. The summed E-state index contributed by atoms with van der Waals surface area (Å²) in [6.07, 6.45) is 1.54. The first-order chi connectivity index (χ1) is 9.81. The van der Waals surface area contributed by atoms with Crippen LogP contribution in [0.15, 0.2) is 30.5 Å². The minimum Gasteiger partial charge on any atom is -0.322 e. The normalized spacial score (nSPS) is 11.0. The third kappa shape index (κ3) is 3.23. The third-order valence-corrected chi connectivity index (χ3v) is 2.63. The molecule has 0 spiro atoms. The van der Waals surface area contributed by atoms with Crippen LogP contribution in [-0.4, -0.2) is 15.7 Å². The molecule has 2 aromatic rings. The molecular formula is C14H10F3N3O. The van der Waals surface area contributed by atoms with Gasteiger partial charge in [0.1, 0.15) is 0 Å². The van der Waals surface area contributed by atoms with Gasteiger partial charge in [0.15, 0.2) is 5.69 Å². The van der Waals surface area contributed by atoms with Gasteiger partial charge in [-0.2, -0.15) is 18.3 Å². The van der Waals surface area contributed by atoms with Gasteiger partial charge in [-0.1, -0.05) is 12.0 Å². The molecule has 1 heterocycles. The van der Waals surface area contributed by atoms with Gasteiger partial charge < -0.3 is 5.32 Å². The van der Waals surface area contributed by atoms with E-state index in [0.29, 0.717) is 11.3 Å². The Morgan fingerprint density at radius 2 is 2.14 bits per heavy atom. The summed E-state index contributed by atoms with van der Waals surface area (Å²) in [4.78, 5) is 12.0. The first kappa shape index (κ1) is 14.7. The van der Waals surface area contributed by atoms with Crippen LogP contribution in [0.2, 0.25) is 0 Å². The Morgan fingerprint density at radius 3 is 2.76 bits per heavy atom. The number of hydrogen-bond donors (Lipinski definition) is 1. The predicted octanol–water partition coefficient (Wildman–Crippen LogP) is 2.67. The standard InChI is InChI=1S/C14H10F3N3O/c1-3-9-5-4-6-10(7-9)18-13(21)11-8-20(2)19-12(11)14(15,16)17/h1,4-8H,2H3,(H,18,21). The summed E-state index contributed by atoms with van der Waals surface area (Å²) in [5, 5.41) is 5.65. The van der Waals surface area contributed by atoms with E-state index in [1.54, 1.807) is 12.1 Å². The lowest BCUT2D eigenvalue weighted by atomic mass is 10.2. The Morgan fingerprint density at radius 1 is 1.43 bits per heavy atom. The highest BCUT2D eigenvalue weighted by Gasteiger charge is 2.38. The minimum absolute atomic E-state index is 0.312. The van der Waals surface area contributed by atoms with Gasteiger partial charge in [-0.05, 0) is 18.2 Å². The van der Waals surface area contributed by atoms with Crippen LogP contribution in [0.4, 0.5) is 18.9 Å². The van der Waals surface area contributed by atoms with Crippen molar-refractivity contribution in [1.82, 2.24) is 9.78 Å². The molecule has 7 heteroatoms. The molecule has 1 aromatic heterocycles. The number of aryl methyl sites for hydroxylation is 1. The predicted molar refractivity (Wildman–Crippen MR) is 70.5 cm³/mol. The van der Waals surface area contributed by atoms with Crippen molar-refractivity contribution in [2.75, 3.05) is 5.32 Å². The molecule has 0 saturated carbocycles. The Labute approximate surface area is 118 Å². The number of rotatable bonds is 2. The van der Waals surface area contributed by atoms with Gasteiger partial charge >= 0.3 is 6.18 Å². The number of halogens is 3. The Hall–Kier alpha value is -2.75. The monoisotopic (exact) mass is 293 g/mol. The van der Waals surface area contributed by atoms with Crippen LogP contribution in [0, 0.1) is 12.3 Å². The van der Waals surface area contributed by atoms with E-state index in [9.17, 15) is 18.0 Å². The molecule has 0 atom stereocenters. The lowest BCUT2D eigenvalue weighted by Gasteiger charge is -2.07. The minimum atomic E-state index is -4.70. The van der Waals surface area contributed by atoms with Crippen molar-refractivity contribution in [3.63, 3.8) is 0 Å². The largest absolute Gasteiger partial charge is 0.435 e. The number of carbonyl (C=O) groups is 1. The molecule has 0 aliphatic carbocycles. The van der Waals surface area contributed by atoms with Gasteiger partial charge in [0.05, 0.1) is 5.56 Å². The van der Waals surface area contributed by atoms with Gasteiger partial charge in [-0.15, -0.1) is 6.42 Å². The Bertz CT molecular complexity index is 726. The van der Waals surface area contributed by atoms with Crippen molar-refractivity contribution >= 4 is 11.6 Å². The zero-order valence-corrected chi connectivity index (χ0v) is 10.9. The average Bonchev–Trinajstić information content (AvgIpc) is 2.81. The number of amides is 1. The average molecular weight is 293 g/mol. The maximum atomic E-state index is 12.8. The zero-order chi connectivity index (χ0) is 15.6. The molecule has 1 aromatic carbocycles. The van der Waals surface area contributed by atoms with Crippen molar-refractivity contribution in [2.45, 2.75) is 6.18 Å². The van der Waals surface area contributed by atoms with Gasteiger partial charge in [-0.25, -0.2) is 0 Å². The summed E-state index contributed by atoms with van der Waals surface area (Å²) < 4.78 is 39.3. The van der Waals surface area contributed by atoms with Crippen molar-refractivity contribution in [3.05, 3.63) is 47.3 Å². The summed E-state index contributed by atoms with van der Waals surface area (Å²) in [5.74, 6) is 1.47. The fraction of sp³-hybridized carbons (Fsp3) is 0.143. The smallest absolute Gasteiger partial charge is 0.322 e. The maximum Gasteiger partial charge on any atom is 0.435 e. The molecule has 0 radical (unpaired) electrons. The second-order valence-corrected chi connectivity index (χ2v) is 4.24. The third-order valence-electron chi connectivity index (χ3n) is 2.63. The van der Waals surface area contributed by atoms with Crippen molar-refractivity contribution in [1.29, 1.82) is 0 Å². The lowest BCUT2D eigenvalue weighted by molar-refractivity contribution is -0.141. The lowest BCUT2D eigenvalue weighted by Crippen LogP contribution is -2.17. The molecule has 0 unspecified atom stereocenters. The number of anilines is 1. The summed E-state index contributed by atoms with van der Waals surface area (Å²) >= 11 is 0. The number of alkyl halides is 3. The molecule has 2 rings (SSSR count). The zero-order valence-electron chi connectivity index (χ0n) is 10.9. The molecule has 0 bridgehead atoms.